The number of carboxylic acids is 1. The topological polar surface area (TPSA) is 82.7 Å². The molecule has 0 atom stereocenters. The second-order valence-electron chi connectivity index (χ2n) is 6.04. The van der Waals surface area contributed by atoms with E-state index in [1.807, 2.05) is 36.4 Å². The van der Waals surface area contributed by atoms with Gasteiger partial charge in [0.25, 0.3) is 0 Å². The van der Waals surface area contributed by atoms with Gasteiger partial charge in [0.1, 0.15) is 11.5 Å². The maximum absolute atomic E-state index is 10.8. The summed E-state index contributed by atoms with van der Waals surface area (Å²) >= 11 is 5.86. The van der Waals surface area contributed by atoms with Crippen molar-refractivity contribution in [2.45, 2.75) is 25.0 Å². The molecule has 3 N–H and O–H groups in total. The Labute approximate surface area is 138 Å². The molecule has 1 aliphatic rings. The third-order valence-electron chi connectivity index (χ3n) is 4.15. The largest absolute Gasteiger partial charge is 0.481 e. The molecule has 1 saturated carbocycles. The summed E-state index contributed by atoms with van der Waals surface area (Å²) in [4.78, 5) is 10.8. The molecule has 0 amide bonds. The van der Waals surface area contributed by atoms with Gasteiger partial charge in [-0.3, -0.25) is 4.79 Å². The zero-order chi connectivity index (χ0) is 16.4. The average molecular weight is 336 g/mol. The lowest BCUT2D eigenvalue weighted by atomic mass is 9.71. The molecule has 0 saturated heterocycles. The number of rotatable bonds is 6. The van der Waals surface area contributed by atoms with Crippen molar-refractivity contribution in [2.24, 2.45) is 5.92 Å². The Bertz CT molecular complexity index is 689. The van der Waals surface area contributed by atoms with Crippen molar-refractivity contribution in [1.82, 2.24) is 5.32 Å². The maximum Gasteiger partial charge on any atom is 0.306 e. The summed E-state index contributed by atoms with van der Waals surface area (Å²) in [5.41, 5.74) is 0.0249. The summed E-state index contributed by atoms with van der Waals surface area (Å²) in [5, 5.41) is 22.8. The molecular formula is C17H18ClNO4. The lowest BCUT2D eigenvalue weighted by Gasteiger charge is -2.41. The number of furan rings is 1. The minimum absolute atomic E-state index is 0.295. The van der Waals surface area contributed by atoms with Gasteiger partial charge in [0.15, 0.2) is 0 Å². The van der Waals surface area contributed by atoms with Crippen LogP contribution in [0.1, 0.15) is 18.6 Å². The number of benzene rings is 1. The van der Waals surface area contributed by atoms with Crippen LogP contribution >= 0.6 is 11.6 Å². The molecule has 1 aliphatic carbocycles. The van der Waals surface area contributed by atoms with Crippen molar-refractivity contribution in [2.75, 3.05) is 6.54 Å². The van der Waals surface area contributed by atoms with Crippen molar-refractivity contribution in [3.63, 3.8) is 0 Å². The highest BCUT2D eigenvalue weighted by Gasteiger charge is 2.45. The summed E-state index contributed by atoms with van der Waals surface area (Å²) in [6, 6.07) is 11.2. The summed E-state index contributed by atoms with van der Waals surface area (Å²) in [7, 11) is 0. The first kappa shape index (κ1) is 16.1. The zero-order valence-corrected chi connectivity index (χ0v) is 13.2. The Morgan fingerprint density at radius 1 is 1.26 bits per heavy atom. The standard InChI is InChI=1S/C17H18ClNO4/c18-13-3-1-11(2-4-13)15-6-5-14(23-15)9-19-10-17(22)7-12(8-17)16(20)21/h1-6,12,19,22H,7-10H2,(H,20,21). The van der Waals surface area contributed by atoms with Crippen molar-refractivity contribution >= 4 is 17.6 Å². The quantitative estimate of drug-likeness (QED) is 0.756. The molecule has 5 nitrogen and oxygen atoms in total. The van der Waals surface area contributed by atoms with Gasteiger partial charge in [-0.15, -0.1) is 0 Å². The zero-order valence-electron chi connectivity index (χ0n) is 12.5. The summed E-state index contributed by atoms with van der Waals surface area (Å²) in [6.07, 6.45) is 0.590. The molecule has 6 heteroatoms. The highest BCUT2D eigenvalue weighted by molar-refractivity contribution is 6.30. The molecule has 122 valence electrons. The first-order chi connectivity index (χ1) is 11.0. The van der Waals surface area contributed by atoms with Crippen LogP contribution in [0.5, 0.6) is 0 Å². The molecule has 0 aliphatic heterocycles. The molecule has 0 unspecified atom stereocenters. The van der Waals surface area contributed by atoms with Gasteiger partial charge in [-0.1, -0.05) is 11.6 Å². The van der Waals surface area contributed by atoms with Gasteiger partial charge >= 0.3 is 5.97 Å². The van der Waals surface area contributed by atoms with Crippen molar-refractivity contribution in [3.05, 3.63) is 47.2 Å². The number of hydrogen-bond donors (Lipinski definition) is 3. The van der Waals surface area contributed by atoms with E-state index in [0.29, 0.717) is 31.0 Å². The SMILES string of the molecule is O=C(O)C1CC(O)(CNCc2ccc(-c3ccc(Cl)cc3)o2)C1. The summed E-state index contributed by atoms with van der Waals surface area (Å²) in [5.74, 6) is 0.245. The molecule has 3 rings (SSSR count). The Kier molecular flexibility index (Phi) is 4.43. The van der Waals surface area contributed by atoms with Crippen LogP contribution < -0.4 is 5.32 Å². The lowest BCUT2D eigenvalue weighted by Crippen LogP contribution is -2.53. The first-order valence-electron chi connectivity index (χ1n) is 7.46. The van der Waals surface area contributed by atoms with Crippen LogP contribution in [0.2, 0.25) is 5.02 Å². The molecule has 1 aromatic heterocycles. The Balaban J connectivity index is 1.50. The highest BCUT2D eigenvalue weighted by Crippen LogP contribution is 2.37. The van der Waals surface area contributed by atoms with E-state index in [0.717, 1.165) is 17.1 Å². The molecular weight excluding hydrogens is 318 g/mol. The van der Waals surface area contributed by atoms with Crippen LogP contribution in [-0.2, 0) is 11.3 Å². The van der Waals surface area contributed by atoms with Crippen molar-refractivity contribution in [1.29, 1.82) is 0 Å². The third-order valence-corrected chi connectivity index (χ3v) is 4.40. The van der Waals surface area contributed by atoms with E-state index in [1.54, 1.807) is 0 Å². The highest BCUT2D eigenvalue weighted by atomic mass is 35.5. The lowest BCUT2D eigenvalue weighted by molar-refractivity contribution is -0.157. The number of aliphatic hydroxyl groups is 1. The smallest absolute Gasteiger partial charge is 0.306 e. The molecule has 1 fully saturated rings. The Hall–Kier alpha value is -1.82. The van der Waals surface area contributed by atoms with Gasteiger partial charge in [0.05, 0.1) is 18.1 Å². The molecule has 2 aromatic rings. The number of aliphatic carboxylic acids is 1. The van der Waals surface area contributed by atoms with E-state index in [9.17, 15) is 9.90 Å². The van der Waals surface area contributed by atoms with Crippen LogP contribution in [0.25, 0.3) is 11.3 Å². The number of carboxylic acid groups (broad SMARTS) is 1. The van der Waals surface area contributed by atoms with E-state index < -0.39 is 17.5 Å². The van der Waals surface area contributed by atoms with Crippen LogP contribution in [0, 0.1) is 5.92 Å². The van der Waals surface area contributed by atoms with E-state index in [-0.39, 0.29) is 0 Å². The number of nitrogens with one attached hydrogen (secondary N) is 1. The van der Waals surface area contributed by atoms with Crippen molar-refractivity contribution in [3.8, 4) is 11.3 Å². The Morgan fingerprint density at radius 3 is 2.61 bits per heavy atom. The maximum atomic E-state index is 10.8. The normalized spacial score (nSPS) is 23.5. The van der Waals surface area contributed by atoms with E-state index in [1.165, 1.54) is 0 Å². The summed E-state index contributed by atoms with van der Waals surface area (Å²) in [6.45, 7) is 0.835. The van der Waals surface area contributed by atoms with Gasteiger partial charge in [-0.2, -0.15) is 0 Å². The molecule has 1 heterocycles. The number of halogens is 1. The monoisotopic (exact) mass is 335 g/mol. The van der Waals surface area contributed by atoms with Crippen LogP contribution in [0.15, 0.2) is 40.8 Å². The number of hydrogen-bond acceptors (Lipinski definition) is 4. The van der Waals surface area contributed by atoms with Crippen molar-refractivity contribution < 1.29 is 19.4 Å². The molecule has 1 aromatic carbocycles. The van der Waals surface area contributed by atoms with Crippen LogP contribution in [-0.4, -0.2) is 28.3 Å². The van der Waals surface area contributed by atoms with E-state index in [4.69, 9.17) is 21.1 Å². The van der Waals surface area contributed by atoms with Gasteiger partial charge < -0.3 is 19.9 Å². The van der Waals surface area contributed by atoms with E-state index in [2.05, 4.69) is 5.32 Å². The molecule has 0 bridgehead atoms. The second kappa shape index (κ2) is 6.35. The van der Waals surface area contributed by atoms with Gasteiger partial charge in [-0.05, 0) is 49.2 Å². The molecule has 23 heavy (non-hydrogen) atoms. The minimum atomic E-state index is -0.922. The Morgan fingerprint density at radius 2 is 1.96 bits per heavy atom. The van der Waals surface area contributed by atoms with Gasteiger partial charge in [0.2, 0.25) is 0 Å². The van der Waals surface area contributed by atoms with E-state index >= 15 is 0 Å². The molecule has 0 radical (unpaired) electrons. The van der Waals surface area contributed by atoms with Gasteiger partial charge in [-0.25, -0.2) is 0 Å². The fourth-order valence-corrected chi connectivity index (χ4v) is 2.96. The fourth-order valence-electron chi connectivity index (χ4n) is 2.84. The first-order valence-corrected chi connectivity index (χ1v) is 7.84. The molecule has 0 spiro atoms. The predicted octanol–water partition coefficient (Wildman–Crippen LogP) is 2.92. The van der Waals surface area contributed by atoms with Gasteiger partial charge in [0, 0.05) is 17.1 Å². The minimum Gasteiger partial charge on any atom is -0.481 e. The third kappa shape index (κ3) is 3.75. The fraction of sp³-hybridized carbons (Fsp3) is 0.353. The average Bonchev–Trinajstić information content (AvgIpc) is 2.94. The van der Waals surface area contributed by atoms with Crippen LogP contribution in [0.3, 0.4) is 0 Å². The van der Waals surface area contributed by atoms with Crippen LogP contribution in [0.4, 0.5) is 0 Å². The summed E-state index contributed by atoms with van der Waals surface area (Å²) < 4.78 is 5.75. The second-order valence-corrected chi connectivity index (χ2v) is 6.48. The predicted molar refractivity (Wildman–Crippen MR) is 86.2 cm³/mol. The number of carbonyl (C=O) groups is 1.